The minimum Gasteiger partial charge on any atom is -0.478 e. The first-order valence-electron chi connectivity index (χ1n) is 17.9. The Labute approximate surface area is 318 Å². The van der Waals surface area contributed by atoms with Crippen molar-refractivity contribution in [2.24, 2.45) is 0 Å². The summed E-state index contributed by atoms with van der Waals surface area (Å²) < 4.78 is 0. The number of anilines is 2. The van der Waals surface area contributed by atoms with Gasteiger partial charge in [-0.05, 0) is 122 Å². The number of pyridine rings is 1. The first-order valence-corrected chi connectivity index (χ1v) is 18.7. The van der Waals surface area contributed by atoms with Crippen LogP contribution in [0.2, 0.25) is 0 Å². The van der Waals surface area contributed by atoms with Crippen LogP contribution in [0.1, 0.15) is 107 Å². The molecule has 2 heterocycles. The quantitative estimate of drug-likeness (QED) is 0.0885. The number of amides is 2. The number of benzene rings is 3. The fourth-order valence-electron chi connectivity index (χ4n) is 6.83. The highest BCUT2D eigenvalue weighted by atomic mass is 32.1. The number of aromatic carboxylic acids is 2. The molecule has 10 nitrogen and oxygen atoms in total. The van der Waals surface area contributed by atoms with Crippen molar-refractivity contribution in [1.29, 1.82) is 0 Å². The van der Waals surface area contributed by atoms with Gasteiger partial charge in [-0.25, -0.2) is 9.59 Å². The summed E-state index contributed by atoms with van der Waals surface area (Å²) in [6.45, 7) is 1.10. The third kappa shape index (κ3) is 9.28. The third-order valence-corrected chi connectivity index (χ3v) is 11.0. The van der Waals surface area contributed by atoms with Gasteiger partial charge in [0.2, 0.25) is 0 Å². The smallest absolute Gasteiger partial charge is 0.335 e. The molecule has 0 radical (unpaired) electrons. The molecule has 1 fully saturated rings. The Morgan fingerprint density at radius 1 is 0.722 bits per heavy atom. The number of nitrogens with zero attached hydrogens (tertiary/aromatic N) is 2. The molecular weight excluding hydrogens is 701 g/mol. The third-order valence-electron chi connectivity index (χ3n) is 9.81. The van der Waals surface area contributed by atoms with Crippen LogP contribution in [0, 0.1) is 0 Å². The summed E-state index contributed by atoms with van der Waals surface area (Å²) in [5.74, 6) is -2.46. The lowest BCUT2D eigenvalue weighted by Crippen LogP contribution is -2.26. The molecule has 2 amide bonds. The second kappa shape index (κ2) is 17.0. The molecule has 54 heavy (non-hydrogen) atoms. The number of hydrogen-bond donors (Lipinski definition) is 4. The summed E-state index contributed by atoms with van der Waals surface area (Å²) in [5, 5.41) is 25.2. The predicted molar refractivity (Wildman–Crippen MR) is 211 cm³/mol. The van der Waals surface area contributed by atoms with Crippen LogP contribution in [0.5, 0.6) is 0 Å². The van der Waals surface area contributed by atoms with Gasteiger partial charge in [0.05, 0.1) is 22.4 Å². The number of carbonyl (C=O) groups excluding carboxylic acids is 2. The van der Waals surface area contributed by atoms with E-state index in [0.717, 1.165) is 78.5 Å². The van der Waals surface area contributed by atoms with Gasteiger partial charge in [-0.3, -0.25) is 19.5 Å². The van der Waals surface area contributed by atoms with Gasteiger partial charge in [-0.2, -0.15) is 0 Å². The van der Waals surface area contributed by atoms with Crippen LogP contribution < -0.4 is 10.6 Å². The van der Waals surface area contributed by atoms with Gasteiger partial charge in [-0.1, -0.05) is 43.8 Å². The largest absolute Gasteiger partial charge is 0.478 e. The normalized spacial score (nSPS) is 13.4. The molecule has 4 N–H and O–H groups in total. The summed E-state index contributed by atoms with van der Waals surface area (Å²) >= 11 is 1.48. The summed E-state index contributed by atoms with van der Waals surface area (Å²) in [6, 6.07) is 25.6. The molecule has 278 valence electrons. The maximum atomic E-state index is 13.9. The lowest BCUT2D eigenvalue weighted by Gasteiger charge is -2.22. The van der Waals surface area contributed by atoms with E-state index in [1.54, 1.807) is 24.3 Å². The second-order valence-electron chi connectivity index (χ2n) is 13.7. The maximum Gasteiger partial charge on any atom is 0.335 e. The minimum absolute atomic E-state index is 0. The number of carboxylic acid groups (broad SMARTS) is 2. The van der Waals surface area contributed by atoms with Crippen LogP contribution >= 0.6 is 11.3 Å². The second-order valence-corrected chi connectivity index (χ2v) is 14.8. The molecule has 2 aromatic heterocycles. The van der Waals surface area contributed by atoms with Crippen molar-refractivity contribution in [3.63, 3.8) is 0 Å². The Kier molecular flexibility index (Phi) is 12.0. The highest BCUT2D eigenvalue weighted by Gasteiger charge is 2.30. The molecule has 11 heteroatoms. The maximum absolute atomic E-state index is 13.9. The molecule has 1 saturated carbocycles. The van der Waals surface area contributed by atoms with Crippen molar-refractivity contribution >= 4 is 45.8 Å². The summed E-state index contributed by atoms with van der Waals surface area (Å²) in [4.78, 5) is 58.0. The lowest BCUT2D eigenvalue weighted by atomic mass is 9.95. The summed E-state index contributed by atoms with van der Waals surface area (Å²) in [5.41, 5.74) is 6.97. The molecule has 2 aliphatic rings. The standard InChI is InChI=1S/C42H40N4O6S.CH4/c47-38(30-5-3-4-28(22-30)24-46(34-18-19-34)25-33-23-31(42(51)52)20-21-43-33)45-40-37(35-6-1-2-7-36(35)53-40)39(48)44-32-16-12-27(13-17-32)9-8-26-10-14-29(15-11-26)41(49)50;/h3-5,10-17,20-23,34H,1-2,6-9,18-19,24-25H2,(H,44,48)(H,45,47)(H,49,50)(H,51,52);1H4. The first kappa shape index (κ1) is 38.1. The number of aromatic nitrogens is 1. The summed E-state index contributed by atoms with van der Waals surface area (Å²) in [6.07, 6.45) is 8.87. The number of thiophene rings is 1. The van der Waals surface area contributed by atoms with Crippen molar-refractivity contribution < 1.29 is 29.4 Å². The van der Waals surface area contributed by atoms with Gasteiger partial charge in [-0.15, -0.1) is 11.3 Å². The monoisotopic (exact) mass is 744 g/mol. The highest BCUT2D eigenvalue weighted by molar-refractivity contribution is 7.17. The van der Waals surface area contributed by atoms with E-state index in [1.807, 2.05) is 54.6 Å². The zero-order valence-electron chi connectivity index (χ0n) is 29.1. The molecule has 5 aromatic rings. The van der Waals surface area contributed by atoms with Crippen LogP contribution in [0.15, 0.2) is 91.1 Å². The predicted octanol–water partition coefficient (Wildman–Crippen LogP) is 8.51. The Morgan fingerprint density at radius 3 is 2.09 bits per heavy atom. The van der Waals surface area contributed by atoms with Gasteiger partial charge >= 0.3 is 11.9 Å². The van der Waals surface area contributed by atoms with Crippen LogP contribution in [0.3, 0.4) is 0 Å². The lowest BCUT2D eigenvalue weighted by molar-refractivity contribution is 0.0686. The highest BCUT2D eigenvalue weighted by Crippen LogP contribution is 2.39. The first-order chi connectivity index (χ1) is 25.7. The van der Waals surface area contributed by atoms with E-state index >= 15 is 0 Å². The van der Waals surface area contributed by atoms with Crippen molar-refractivity contribution in [3.8, 4) is 0 Å². The summed E-state index contributed by atoms with van der Waals surface area (Å²) in [7, 11) is 0. The van der Waals surface area contributed by atoms with Crippen molar-refractivity contribution in [3.05, 3.63) is 146 Å². The van der Waals surface area contributed by atoms with E-state index in [1.165, 1.54) is 23.6 Å². The van der Waals surface area contributed by atoms with Crippen LogP contribution in [0.25, 0.3) is 0 Å². The molecule has 0 unspecified atom stereocenters. The molecule has 2 aliphatic carbocycles. The Balaban J connectivity index is 0.00000497. The van der Waals surface area contributed by atoms with E-state index in [0.29, 0.717) is 46.6 Å². The van der Waals surface area contributed by atoms with Gasteiger partial charge in [0, 0.05) is 41.5 Å². The minimum atomic E-state index is -0.983. The Hall–Kier alpha value is -5.65. The molecule has 0 spiro atoms. The van der Waals surface area contributed by atoms with Crippen LogP contribution in [-0.4, -0.2) is 49.9 Å². The van der Waals surface area contributed by atoms with Crippen molar-refractivity contribution in [1.82, 2.24) is 9.88 Å². The van der Waals surface area contributed by atoms with Crippen molar-refractivity contribution in [2.75, 3.05) is 10.6 Å². The molecule has 0 atom stereocenters. The van der Waals surface area contributed by atoms with Crippen LogP contribution in [-0.2, 0) is 38.8 Å². The number of nitrogens with one attached hydrogen (secondary N) is 2. The van der Waals surface area contributed by atoms with E-state index in [9.17, 15) is 24.3 Å². The Morgan fingerprint density at radius 2 is 1.41 bits per heavy atom. The molecule has 7 rings (SSSR count). The van der Waals surface area contributed by atoms with E-state index < -0.39 is 11.9 Å². The Bertz CT molecular complexity index is 2160. The van der Waals surface area contributed by atoms with Gasteiger partial charge in [0.1, 0.15) is 5.00 Å². The van der Waals surface area contributed by atoms with Crippen LogP contribution in [0.4, 0.5) is 10.7 Å². The van der Waals surface area contributed by atoms with Gasteiger partial charge in [0.15, 0.2) is 0 Å². The zero-order valence-corrected chi connectivity index (χ0v) is 30.0. The number of carbonyl (C=O) groups is 4. The molecule has 3 aromatic carbocycles. The average molecular weight is 745 g/mol. The number of fused-ring (bicyclic) bond motifs is 1. The number of hydrogen-bond acceptors (Lipinski definition) is 7. The van der Waals surface area contributed by atoms with Crippen molar-refractivity contribution in [2.45, 2.75) is 77.9 Å². The van der Waals surface area contributed by atoms with Gasteiger partial charge in [0.25, 0.3) is 11.8 Å². The zero-order chi connectivity index (χ0) is 36.9. The van der Waals surface area contributed by atoms with Gasteiger partial charge < -0.3 is 20.8 Å². The topological polar surface area (TPSA) is 149 Å². The number of rotatable bonds is 14. The average Bonchev–Trinajstić information content (AvgIpc) is 3.95. The van der Waals surface area contributed by atoms with E-state index in [-0.39, 0.29) is 30.4 Å². The fraction of sp³-hybridized carbons (Fsp3) is 0.279. The fourth-order valence-corrected chi connectivity index (χ4v) is 8.11. The van der Waals surface area contributed by atoms with E-state index in [4.69, 9.17) is 5.11 Å². The SMILES string of the molecule is C.O=C(O)c1ccc(CCc2ccc(NC(=O)c3c(NC(=O)c4cccc(CN(Cc5cc(C(=O)O)ccn5)C5CC5)c4)sc4c3CCCC4)cc2)cc1. The number of carboxylic acids is 2. The van der Waals surface area contributed by atoms with E-state index in [2.05, 4.69) is 20.5 Å². The molecule has 0 saturated heterocycles. The molecule has 0 bridgehead atoms. The number of aryl methyl sites for hydroxylation is 3. The molecular formula is C43H44N4O6S. The molecule has 0 aliphatic heterocycles.